The van der Waals surface area contributed by atoms with Crippen molar-refractivity contribution in [1.82, 2.24) is 0 Å². The molecule has 0 fully saturated rings. The molecule has 0 saturated carbocycles. The largest absolute Gasteiger partial charge is 0.457 e. The van der Waals surface area contributed by atoms with Crippen molar-refractivity contribution in [3.05, 3.63) is 58.1 Å². The molecule has 4 nitrogen and oxygen atoms in total. The average Bonchev–Trinajstić information content (AvgIpc) is 2.38. The van der Waals surface area contributed by atoms with E-state index in [2.05, 4.69) is 15.9 Å². The highest BCUT2D eigenvalue weighted by Gasteiger charge is 2.07. The van der Waals surface area contributed by atoms with E-state index < -0.39 is 5.91 Å². The van der Waals surface area contributed by atoms with Crippen LogP contribution in [0.25, 0.3) is 0 Å². The first-order valence-corrected chi connectivity index (χ1v) is 6.45. The first-order valence-electron chi connectivity index (χ1n) is 5.66. The van der Waals surface area contributed by atoms with Crippen molar-refractivity contribution in [3.63, 3.8) is 0 Å². The number of amides is 1. The van der Waals surface area contributed by atoms with E-state index in [9.17, 15) is 4.79 Å². The smallest absolute Gasteiger partial charge is 0.249 e. The summed E-state index contributed by atoms with van der Waals surface area (Å²) in [5, 5.41) is 0. The maximum Gasteiger partial charge on any atom is 0.249 e. The Morgan fingerprint density at radius 2 is 1.89 bits per heavy atom. The Morgan fingerprint density at radius 1 is 1.16 bits per heavy atom. The molecule has 0 aliphatic carbocycles. The maximum absolute atomic E-state index is 11.1. The van der Waals surface area contributed by atoms with Gasteiger partial charge in [0.25, 0.3) is 0 Å². The summed E-state index contributed by atoms with van der Waals surface area (Å²) in [6.07, 6.45) is 0. The second kappa shape index (κ2) is 5.86. The summed E-state index contributed by atoms with van der Waals surface area (Å²) in [7, 11) is 0. The number of primary amides is 1. The van der Waals surface area contributed by atoms with Crippen molar-refractivity contribution in [3.8, 4) is 11.5 Å². The van der Waals surface area contributed by atoms with Gasteiger partial charge in [0.2, 0.25) is 5.91 Å². The molecule has 0 heterocycles. The van der Waals surface area contributed by atoms with E-state index >= 15 is 0 Å². The fraction of sp³-hybridized carbons (Fsp3) is 0.0714. The number of ether oxygens (including phenoxy) is 1. The van der Waals surface area contributed by atoms with Crippen molar-refractivity contribution in [1.29, 1.82) is 0 Å². The monoisotopic (exact) mass is 320 g/mol. The quantitative estimate of drug-likeness (QED) is 0.909. The summed E-state index contributed by atoms with van der Waals surface area (Å²) in [4.78, 5) is 11.1. The highest BCUT2D eigenvalue weighted by Crippen LogP contribution is 2.27. The Labute approximate surface area is 119 Å². The van der Waals surface area contributed by atoms with Crippen LogP contribution >= 0.6 is 15.9 Å². The molecule has 0 radical (unpaired) electrons. The first kappa shape index (κ1) is 13.6. The molecular formula is C14H13BrN2O2. The van der Waals surface area contributed by atoms with E-state index in [0.717, 1.165) is 5.56 Å². The minimum Gasteiger partial charge on any atom is -0.457 e. The first-order chi connectivity index (χ1) is 9.10. The Bertz CT molecular complexity index is 614. The number of halogens is 1. The van der Waals surface area contributed by atoms with E-state index in [1.165, 1.54) is 0 Å². The fourth-order valence-electron chi connectivity index (χ4n) is 1.63. The number of hydrogen-bond acceptors (Lipinski definition) is 3. The van der Waals surface area contributed by atoms with E-state index in [-0.39, 0.29) is 0 Å². The summed E-state index contributed by atoms with van der Waals surface area (Å²) < 4.78 is 6.30. The predicted molar refractivity (Wildman–Crippen MR) is 77.1 cm³/mol. The topological polar surface area (TPSA) is 78.3 Å². The third-order valence-electron chi connectivity index (χ3n) is 2.58. The lowest BCUT2D eigenvalue weighted by Gasteiger charge is -2.08. The summed E-state index contributed by atoms with van der Waals surface area (Å²) in [5.41, 5.74) is 12.2. The van der Waals surface area contributed by atoms with Crippen LogP contribution in [0.5, 0.6) is 11.5 Å². The molecule has 0 aliphatic heterocycles. The lowest BCUT2D eigenvalue weighted by molar-refractivity contribution is 0.0999. The Morgan fingerprint density at radius 3 is 2.53 bits per heavy atom. The number of carbonyl (C=O) groups is 1. The van der Waals surface area contributed by atoms with Crippen LogP contribution in [-0.4, -0.2) is 5.91 Å². The van der Waals surface area contributed by atoms with Gasteiger partial charge < -0.3 is 16.2 Å². The molecule has 19 heavy (non-hydrogen) atoms. The fourth-order valence-corrected chi connectivity index (χ4v) is 2.18. The average molecular weight is 321 g/mol. The van der Waals surface area contributed by atoms with Crippen LogP contribution < -0.4 is 16.2 Å². The van der Waals surface area contributed by atoms with Gasteiger partial charge in [-0.15, -0.1) is 0 Å². The van der Waals surface area contributed by atoms with E-state index in [1.807, 2.05) is 24.3 Å². The molecule has 5 heteroatoms. The molecule has 0 aliphatic rings. The van der Waals surface area contributed by atoms with Crippen molar-refractivity contribution >= 4 is 21.8 Å². The number of hydrogen-bond donors (Lipinski definition) is 2. The van der Waals surface area contributed by atoms with Crippen molar-refractivity contribution < 1.29 is 9.53 Å². The van der Waals surface area contributed by atoms with Crippen LogP contribution in [0.4, 0.5) is 0 Å². The van der Waals surface area contributed by atoms with E-state index in [4.69, 9.17) is 16.2 Å². The second-order valence-corrected chi connectivity index (χ2v) is 4.81. The molecule has 0 spiro atoms. The van der Waals surface area contributed by atoms with Crippen molar-refractivity contribution in [2.45, 2.75) is 6.54 Å². The number of carbonyl (C=O) groups excluding carboxylic acids is 1. The minimum absolute atomic E-state index is 0.419. The van der Waals surface area contributed by atoms with Crippen molar-refractivity contribution in [2.75, 3.05) is 0 Å². The highest BCUT2D eigenvalue weighted by atomic mass is 79.9. The zero-order valence-corrected chi connectivity index (χ0v) is 11.7. The van der Waals surface area contributed by atoms with Gasteiger partial charge in [0, 0.05) is 11.0 Å². The van der Waals surface area contributed by atoms with E-state index in [1.54, 1.807) is 18.2 Å². The van der Waals surface area contributed by atoms with Crippen LogP contribution in [0.3, 0.4) is 0 Å². The molecule has 0 saturated heterocycles. The standard InChI is InChI=1S/C14H13BrN2O2/c15-13-7-11(4-5-12(13)14(17)18)19-10-3-1-2-9(6-10)8-16/h1-7H,8,16H2,(H2,17,18). The van der Waals surface area contributed by atoms with Gasteiger partial charge in [-0.3, -0.25) is 4.79 Å². The molecule has 0 aromatic heterocycles. The van der Waals surface area contributed by atoms with Gasteiger partial charge in [0.05, 0.1) is 5.56 Å². The van der Waals surface area contributed by atoms with Gasteiger partial charge in [-0.2, -0.15) is 0 Å². The molecule has 2 aromatic rings. The summed E-state index contributed by atoms with van der Waals surface area (Å²) in [5.74, 6) is 0.830. The highest BCUT2D eigenvalue weighted by molar-refractivity contribution is 9.10. The molecule has 0 unspecified atom stereocenters. The Balaban J connectivity index is 2.23. The molecule has 0 atom stereocenters. The lowest BCUT2D eigenvalue weighted by atomic mass is 10.2. The van der Waals surface area contributed by atoms with Gasteiger partial charge in [0.1, 0.15) is 11.5 Å². The minimum atomic E-state index is -0.483. The molecule has 98 valence electrons. The Kier molecular flexibility index (Phi) is 4.19. The molecule has 0 bridgehead atoms. The number of benzene rings is 2. The van der Waals surface area contributed by atoms with Crippen LogP contribution in [0.2, 0.25) is 0 Å². The maximum atomic E-state index is 11.1. The third kappa shape index (κ3) is 3.33. The molecule has 4 N–H and O–H groups in total. The van der Waals surface area contributed by atoms with E-state index in [0.29, 0.717) is 28.1 Å². The molecule has 2 rings (SSSR count). The summed E-state index contributed by atoms with van der Waals surface area (Å²) in [6.45, 7) is 0.460. The number of rotatable bonds is 4. The second-order valence-electron chi connectivity index (χ2n) is 3.96. The lowest BCUT2D eigenvalue weighted by Crippen LogP contribution is -2.11. The van der Waals surface area contributed by atoms with Crippen LogP contribution in [0.1, 0.15) is 15.9 Å². The van der Waals surface area contributed by atoms with Gasteiger partial charge in [-0.25, -0.2) is 0 Å². The normalized spacial score (nSPS) is 10.2. The van der Waals surface area contributed by atoms with Crippen LogP contribution in [0.15, 0.2) is 46.9 Å². The SMILES string of the molecule is NCc1cccc(Oc2ccc(C(N)=O)c(Br)c2)c1. The predicted octanol–water partition coefficient (Wildman–Crippen LogP) is 2.80. The summed E-state index contributed by atoms with van der Waals surface area (Å²) in [6, 6.07) is 12.5. The van der Waals surface area contributed by atoms with Crippen LogP contribution in [-0.2, 0) is 6.54 Å². The van der Waals surface area contributed by atoms with Gasteiger partial charge in [-0.1, -0.05) is 12.1 Å². The van der Waals surface area contributed by atoms with Gasteiger partial charge in [0.15, 0.2) is 0 Å². The zero-order valence-electron chi connectivity index (χ0n) is 10.1. The molecule has 1 amide bonds. The van der Waals surface area contributed by atoms with Gasteiger partial charge in [-0.05, 0) is 51.8 Å². The van der Waals surface area contributed by atoms with Crippen molar-refractivity contribution in [2.24, 2.45) is 11.5 Å². The zero-order chi connectivity index (χ0) is 13.8. The Hall–Kier alpha value is -1.85. The molecule has 2 aromatic carbocycles. The van der Waals surface area contributed by atoms with Crippen LogP contribution in [0, 0.1) is 0 Å². The molecular weight excluding hydrogens is 308 g/mol. The summed E-state index contributed by atoms with van der Waals surface area (Å²) >= 11 is 3.29. The third-order valence-corrected chi connectivity index (χ3v) is 3.23. The number of nitrogens with two attached hydrogens (primary N) is 2. The van der Waals surface area contributed by atoms with Gasteiger partial charge >= 0.3 is 0 Å².